The van der Waals surface area contributed by atoms with Gasteiger partial charge in [-0.3, -0.25) is 14.5 Å². The van der Waals surface area contributed by atoms with Gasteiger partial charge in [-0.1, -0.05) is 36.4 Å². The Morgan fingerprint density at radius 3 is 1.76 bits per heavy atom. The third kappa shape index (κ3) is 4.56. The standard InChI is InChI=1S/C26H25N3O5/c1-18-16-22(30)24(32)23(31)17-21(18)25(33)27-12-14-28(15-13-27)26(34)29(19-8-4-2-5-9-19)20-10-6-3-7-11-20/h2-11,16-17H,12-15H2,1H3,(H2,30,31,32). The molecule has 1 saturated heterocycles. The van der Waals surface area contributed by atoms with Gasteiger partial charge in [0.05, 0.1) is 11.4 Å². The third-order valence-corrected chi connectivity index (χ3v) is 5.81. The molecule has 3 amide bonds. The number of hydrogen-bond donors (Lipinski definition) is 2. The van der Waals surface area contributed by atoms with Crippen molar-refractivity contribution in [3.63, 3.8) is 0 Å². The first-order valence-electron chi connectivity index (χ1n) is 10.9. The van der Waals surface area contributed by atoms with E-state index in [1.807, 2.05) is 60.7 Å². The molecule has 0 bridgehead atoms. The van der Waals surface area contributed by atoms with E-state index in [2.05, 4.69) is 0 Å². The van der Waals surface area contributed by atoms with E-state index in [1.54, 1.807) is 21.6 Å². The number of anilines is 2. The minimum atomic E-state index is -0.931. The number of rotatable bonds is 3. The fraction of sp³-hybridized carbons (Fsp3) is 0.192. The summed E-state index contributed by atoms with van der Waals surface area (Å²) in [5.41, 5.74) is 1.06. The van der Waals surface area contributed by atoms with Crippen LogP contribution in [-0.4, -0.2) is 58.1 Å². The molecule has 0 spiro atoms. The number of aromatic hydroxyl groups is 2. The molecule has 1 aliphatic heterocycles. The van der Waals surface area contributed by atoms with Crippen LogP contribution in [0.15, 0.2) is 77.6 Å². The van der Waals surface area contributed by atoms with Crippen LogP contribution in [0, 0.1) is 6.92 Å². The van der Waals surface area contributed by atoms with E-state index in [0.29, 0.717) is 18.7 Å². The van der Waals surface area contributed by atoms with Gasteiger partial charge in [0, 0.05) is 31.7 Å². The molecule has 34 heavy (non-hydrogen) atoms. The lowest BCUT2D eigenvalue weighted by atomic mass is 10.1. The Morgan fingerprint density at radius 2 is 1.24 bits per heavy atom. The van der Waals surface area contributed by atoms with Crippen molar-refractivity contribution in [2.24, 2.45) is 0 Å². The lowest BCUT2D eigenvalue weighted by Gasteiger charge is -2.37. The minimum absolute atomic E-state index is 0.130. The Labute approximate surface area is 196 Å². The number of piperazine rings is 1. The van der Waals surface area contributed by atoms with Gasteiger partial charge in [0.25, 0.3) is 11.3 Å². The molecule has 4 rings (SSSR count). The molecule has 0 saturated carbocycles. The zero-order chi connectivity index (χ0) is 24.2. The van der Waals surface area contributed by atoms with Gasteiger partial charge in [0.1, 0.15) is 0 Å². The molecule has 3 aromatic rings. The fourth-order valence-corrected chi connectivity index (χ4v) is 3.96. The summed E-state index contributed by atoms with van der Waals surface area (Å²) in [6, 6.07) is 20.8. The number of urea groups is 1. The van der Waals surface area contributed by atoms with E-state index in [4.69, 9.17) is 0 Å². The van der Waals surface area contributed by atoms with Crippen molar-refractivity contribution in [2.45, 2.75) is 6.92 Å². The summed E-state index contributed by atoms with van der Waals surface area (Å²) < 4.78 is 0. The summed E-state index contributed by atoms with van der Waals surface area (Å²) in [4.78, 5) is 43.3. The van der Waals surface area contributed by atoms with Gasteiger partial charge in [0.15, 0.2) is 11.5 Å². The summed E-state index contributed by atoms with van der Waals surface area (Å²) in [5.74, 6) is -1.69. The molecule has 0 atom stereocenters. The number of carbonyl (C=O) groups is 2. The number of benzene rings is 2. The van der Waals surface area contributed by atoms with Gasteiger partial charge in [-0.2, -0.15) is 0 Å². The molecule has 0 unspecified atom stereocenters. The first kappa shape index (κ1) is 22.8. The molecule has 0 aliphatic carbocycles. The van der Waals surface area contributed by atoms with Crippen molar-refractivity contribution < 1.29 is 19.8 Å². The third-order valence-electron chi connectivity index (χ3n) is 5.81. The normalized spacial score (nSPS) is 13.4. The lowest BCUT2D eigenvalue weighted by molar-refractivity contribution is 0.0668. The molecular weight excluding hydrogens is 434 g/mol. The Kier molecular flexibility index (Phi) is 6.49. The maximum absolute atomic E-state index is 13.5. The summed E-state index contributed by atoms with van der Waals surface area (Å²) in [6.45, 7) is 2.81. The van der Waals surface area contributed by atoms with Crippen molar-refractivity contribution in [3.05, 3.63) is 94.1 Å². The highest BCUT2D eigenvalue weighted by atomic mass is 16.3. The number of para-hydroxylation sites is 2. The summed E-state index contributed by atoms with van der Waals surface area (Å²) in [6.07, 6.45) is 0. The first-order chi connectivity index (χ1) is 16.4. The van der Waals surface area contributed by atoms with Crippen molar-refractivity contribution in [1.29, 1.82) is 0 Å². The van der Waals surface area contributed by atoms with Crippen molar-refractivity contribution in [3.8, 4) is 11.5 Å². The Hall–Kier alpha value is -4.33. The molecule has 0 aromatic heterocycles. The second kappa shape index (κ2) is 9.66. The molecule has 2 N–H and O–H groups in total. The Balaban J connectivity index is 1.53. The second-order valence-electron chi connectivity index (χ2n) is 8.05. The van der Waals surface area contributed by atoms with Crippen molar-refractivity contribution in [2.75, 3.05) is 31.1 Å². The molecule has 8 heteroatoms. The van der Waals surface area contributed by atoms with E-state index in [1.165, 1.54) is 6.07 Å². The summed E-state index contributed by atoms with van der Waals surface area (Å²) >= 11 is 0. The predicted molar refractivity (Wildman–Crippen MR) is 129 cm³/mol. The number of amides is 3. The SMILES string of the molecule is Cc1cc(O)c(=O)c(O)cc1C(=O)N1CCN(C(=O)N(c2ccccc2)c2ccccc2)CC1. The molecule has 0 radical (unpaired) electrons. The van der Waals surface area contributed by atoms with Crippen LogP contribution in [0.3, 0.4) is 0 Å². The second-order valence-corrected chi connectivity index (χ2v) is 8.05. The van der Waals surface area contributed by atoms with Crippen molar-refractivity contribution >= 4 is 23.3 Å². The largest absolute Gasteiger partial charge is 0.504 e. The van der Waals surface area contributed by atoms with Gasteiger partial charge in [0.2, 0.25) is 0 Å². The zero-order valence-corrected chi connectivity index (χ0v) is 18.7. The highest BCUT2D eigenvalue weighted by Crippen LogP contribution is 2.27. The molecule has 3 aromatic carbocycles. The van der Waals surface area contributed by atoms with Crippen LogP contribution in [0.25, 0.3) is 0 Å². The quantitative estimate of drug-likeness (QED) is 0.625. The van der Waals surface area contributed by atoms with E-state index in [9.17, 15) is 24.6 Å². The van der Waals surface area contributed by atoms with Crippen LogP contribution in [0.4, 0.5) is 16.2 Å². The molecule has 1 fully saturated rings. The topological polar surface area (TPSA) is 101 Å². The van der Waals surface area contributed by atoms with Crippen molar-refractivity contribution in [1.82, 2.24) is 9.80 Å². The highest BCUT2D eigenvalue weighted by Gasteiger charge is 2.30. The van der Waals surface area contributed by atoms with E-state index in [-0.39, 0.29) is 30.6 Å². The van der Waals surface area contributed by atoms with E-state index in [0.717, 1.165) is 17.4 Å². The Bertz CT molecular complexity index is 1220. The molecule has 1 aliphatic rings. The minimum Gasteiger partial charge on any atom is -0.504 e. The van der Waals surface area contributed by atoms with Gasteiger partial charge in [-0.25, -0.2) is 4.79 Å². The highest BCUT2D eigenvalue weighted by molar-refractivity contribution is 6.00. The van der Waals surface area contributed by atoms with E-state index >= 15 is 0 Å². The summed E-state index contributed by atoms with van der Waals surface area (Å²) in [5, 5.41) is 19.7. The van der Waals surface area contributed by atoms with Gasteiger partial charge in [-0.15, -0.1) is 0 Å². The average Bonchev–Trinajstić information content (AvgIpc) is 2.96. The van der Waals surface area contributed by atoms with E-state index < -0.39 is 16.9 Å². The Morgan fingerprint density at radius 1 is 0.765 bits per heavy atom. The average molecular weight is 460 g/mol. The maximum atomic E-state index is 13.5. The van der Waals surface area contributed by atoms with Crippen LogP contribution in [0.1, 0.15) is 15.9 Å². The monoisotopic (exact) mass is 459 g/mol. The molecule has 8 nitrogen and oxygen atoms in total. The number of nitrogens with zero attached hydrogens (tertiary/aromatic N) is 3. The van der Waals surface area contributed by atoms with Crippen LogP contribution in [-0.2, 0) is 0 Å². The van der Waals surface area contributed by atoms with Crippen LogP contribution < -0.4 is 10.3 Å². The maximum Gasteiger partial charge on any atom is 0.329 e. The number of aryl methyl sites for hydroxylation is 1. The molecular formula is C26H25N3O5. The molecule has 174 valence electrons. The van der Waals surface area contributed by atoms with Gasteiger partial charge < -0.3 is 20.0 Å². The smallest absolute Gasteiger partial charge is 0.329 e. The van der Waals surface area contributed by atoms with Crippen LogP contribution >= 0.6 is 0 Å². The number of carbonyl (C=O) groups excluding carboxylic acids is 2. The first-order valence-corrected chi connectivity index (χ1v) is 10.9. The lowest BCUT2D eigenvalue weighted by Crippen LogP contribution is -2.53. The number of hydrogen-bond acceptors (Lipinski definition) is 5. The van der Waals surface area contributed by atoms with Crippen LogP contribution in [0.2, 0.25) is 0 Å². The fourth-order valence-electron chi connectivity index (χ4n) is 3.96. The molecule has 1 heterocycles. The zero-order valence-electron chi connectivity index (χ0n) is 18.7. The van der Waals surface area contributed by atoms with Crippen LogP contribution in [0.5, 0.6) is 11.5 Å². The summed E-state index contributed by atoms with van der Waals surface area (Å²) in [7, 11) is 0. The predicted octanol–water partition coefficient (Wildman–Crippen LogP) is 3.48. The van der Waals surface area contributed by atoms with Gasteiger partial charge in [-0.05, 0) is 48.9 Å². The van der Waals surface area contributed by atoms with Gasteiger partial charge >= 0.3 is 6.03 Å².